The van der Waals surface area contributed by atoms with E-state index >= 15 is 0 Å². The van der Waals surface area contributed by atoms with Crippen molar-refractivity contribution in [3.8, 4) is 0 Å². The summed E-state index contributed by atoms with van der Waals surface area (Å²) in [5, 5.41) is 21.9. The minimum Gasteiger partial charge on any atom is -0.478 e. The Morgan fingerprint density at radius 2 is 2.24 bits per heavy atom. The summed E-state index contributed by atoms with van der Waals surface area (Å²) in [6.07, 6.45) is 0. The van der Waals surface area contributed by atoms with Gasteiger partial charge >= 0.3 is 5.97 Å². The van der Waals surface area contributed by atoms with E-state index in [1.165, 1.54) is 12.1 Å². The first-order chi connectivity index (χ1) is 7.49. The number of hydrogen-bond acceptors (Lipinski definition) is 4. The van der Waals surface area contributed by atoms with Gasteiger partial charge in [-0.2, -0.15) is 0 Å². The van der Waals surface area contributed by atoms with Crippen LogP contribution in [0.1, 0.15) is 17.3 Å². The van der Waals surface area contributed by atoms with Gasteiger partial charge in [-0.3, -0.25) is 10.1 Å². The monoisotopic (exact) mass is 260 g/mol. The molecule has 0 fully saturated rings. The second kappa shape index (κ2) is 6.70. The van der Waals surface area contributed by atoms with Crippen molar-refractivity contribution in [2.45, 2.75) is 13.0 Å². The minimum atomic E-state index is -1.02. The van der Waals surface area contributed by atoms with Crippen LogP contribution in [-0.2, 0) is 0 Å². The van der Waals surface area contributed by atoms with Crippen LogP contribution in [0.25, 0.3) is 0 Å². The largest absolute Gasteiger partial charge is 0.478 e. The van der Waals surface area contributed by atoms with E-state index in [2.05, 4.69) is 5.32 Å². The third kappa shape index (κ3) is 5.17. The summed E-state index contributed by atoms with van der Waals surface area (Å²) in [5.41, 5.74) is 0.715. The predicted molar refractivity (Wildman–Crippen MR) is 65.6 cm³/mol. The smallest absolute Gasteiger partial charge is 0.335 e. The molecule has 6 nitrogen and oxygen atoms in total. The van der Waals surface area contributed by atoms with Crippen LogP contribution in [0.4, 0.5) is 5.69 Å². The average Bonchev–Trinajstić information content (AvgIpc) is 2.16. The third-order valence-electron chi connectivity index (χ3n) is 1.95. The molecule has 0 saturated heterocycles. The second-order valence-electron chi connectivity index (χ2n) is 3.45. The molecule has 0 aliphatic rings. The normalized spacial score (nSPS) is 11.1. The molecule has 17 heavy (non-hydrogen) atoms. The molecule has 1 rings (SSSR count). The topological polar surface area (TPSA) is 92.5 Å². The lowest BCUT2D eigenvalue weighted by Gasteiger charge is -2.11. The summed E-state index contributed by atoms with van der Waals surface area (Å²) >= 11 is 0. The van der Waals surface area contributed by atoms with E-state index in [1.807, 2.05) is 0 Å². The first kappa shape index (κ1) is 15.2. The maximum atomic E-state index is 10.7. The van der Waals surface area contributed by atoms with Gasteiger partial charge in [-0.1, -0.05) is 6.07 Å². The number of hydrogen-bond donors (Lipinski definition) is 2. The first-order valence-electron chi connectivity index (χ1n) is 4.70. The highest BCUT2D eigenvalue weighted by Crippen LogP contribution is 2.11. The molecule has 1 aromatic rings. The van der Waals surface area contributed by atoms with Gasteiger partial charge in [0.15, 0.2) is 0 Å². The summed E-state index contributed by atoms with van der Waals surface area (Å²) < 4.78 is 0. The highest BCUT2D eigenvalue weighted by molar-refractivity contribution is 5.88. The van der Waals surface area contributed by atoms with E-state index in [0.29, 0.717) is 5.69 Å². The molecule has 2 N–H and O–H groups in total. The number of carboxylic acids is 1. The minimum absolute atomic E-state index is 0. The number of anilines is 1. The number of halogens is 1. The SMILES string of the molecule is CC(C[N+](=O)[O-])Nc1cccc(C(=O)O)c1.Cl. The van der Waals surface area contributed by atoms with Gasteiger partial charge in [-0.15, -0.1) is 12.4 Å². The van der Waals surface area contributed by atoms with Crippen molar-refractivity contribution in [1.82, 2.24) is 0 Å². The Morgan fingerprint density at radius 1 is 1.59 bits per heavy atom. The number of nitrogens with zero attached hydrogens (tertiary/aromatic N) is 1. The molecule has 0 bridgehead atoms. The lowest BCUT2D eigenvalue weighted by molar-refractivity contribution is -0.481. The number of nitrogens with one attached hydrogen (secondary N) is 1. The molecular formula is C10H13ClN2O4. The zero-order valence-electron chi connectivity index (χ0n) is 9.12. The average molecular weight is 261 g/mol. The Balaban J connectivity index is 0.00000256. The number of rotatable bonds is 5. The lowest BCUT2D eigenvalue weighted by Crippen LogP contribution is -2.24. The predicted octanol–water partition coefficient (Wildman–Crippen LogP) is 1.88. The summed E-state index contributed by atoms with van der Waals surface area (Å²) in [6, 6.07) is 5.82. The molecule has 0 aliphatic heterocycles. The van der Waals surface area contributed by atoms with Gasteiger partial charge in [0.05, 0.1) is 11.6 Å². The zero-order chi connectivity index (χ0) is 12.1. The van der Waals surface area contributed by atoms with Crippen molar-refractivity contribution in [3.63, 3.8) is 0 Å². The van der Waals surface area contributed by atoms with Crippen LogP contribution in [0.5, 0.6) is 0 Å². The van der Waals surface area contributed by atoms with Gasteiger partial charge in [0, 0.05) is 10.6 Å². The van der Waals surface area contributed by atoms with Crippen molar-refractivity contribution in [1.29, 1.82) is 0 Å². The van der Waals surface area contributed by atoms with Crippen molar-refractivity contribution in [3.05, 3.63) is 39.9 Å². The number of carboxylic acid groups (broad SMARTS) is 1. The van der Waals surface area contributed by atoms with Crippen molar-refractivity contribution >= 4 is 24.1 Å². The van der Waals surface area contributed by atoms with E-state index in [0.717, 1.165) is 0 Å². The molecule has 0 saturated carbocycles. The second-order valence-corrected chi connectivity index (χ2v) is 3.45. The first-order valence-corrected chi connectivity index (χ1v) is 4.70. The van der Waals surface area contributed by atoms with Gasteiger partial charge < -0.3 is 10.4 Å². The van der Waals surface area contributed by atoms with Gasteiger partial charge in [-0.25, -0.2) is 4.79 Å². The van der Waals surface area contributed by atoms with Crippen LogP contribution in [0.15, 0.2) is 24.3 Å². The molecule has 1 atom stereocenters. The number of aromatic carboxylic acids is 1. The zero-order valence-corrected chi connectivity index (χ0v) is 9.94. The van der Waals surface area contributed by atoms with Crippen LogP contribution < -0.4 is 5.32 Å². The molecule has 7 heteroatoms. The Kier molecular flexibility index (Phi) is 5.98. The Morgan fingerprint density at radius 3 is 2.76 bits per heavy atom. The molecule has 0 aliphatic carbocycles. The summed E-state index contributed by atoms with van der Waals surface area (Å²) in [6.45, 7) is 1.45. The third-order valence-corrected chi connectivity index (χ3v) is 1.95. The lowest BCUT2D eigenvalue weighted by atomic mass is 10.2. The van der Waals surface area contributed by atoms with E-state index < -0.39 is 10.9 Å². The van der Waals surface area contributed by atoms with Gasteiger partial charge in [0.25, 0.3) is 0 Å². The fraction of sp³-hybridized carbons (Fsp3) is 0.300. The molecule has 0 aromatic heterocycles. The highest BCUT2D eigenvalue weighted by Gasteiger charge is 2.10. The maximum Gasteiger partial charge on any atom is 0.335 e. The van der Waals surface area contributed by atoms with Crippen molar-refractivity contribution in [2.75, 3.05) is 11.9 Å². The summed E-state index contributed by atoms with van der Waals surface area (Å²) in [4.78, 5) is 20.5. The van der Waals surface area contributed by atoms with Gasteiger partial charge in [0.2, 0.25) is 6.54 Å². The molecule has 0 radical (unpaired) electrons. The van der Waals surface area contributed by atoms with Crippen LogP contribution in [0.3, 0.4) is 0 Å². The molecular weight excluding hydrogens is 248 g/mol. The molecule has 0 heterocycles. The number of nitro groups is 1. The van der Waals surface area contributed by atoms with E-state index in [-0.39, 0.29) is 30.6 Å². The molecule has 0 amide bonds. The highest BCUT2D eigenvalue weighted by atomic mass is 35.5. The van der Waals surface area contributed by atoms with Crippen LogP contribution in [0, 0.1) is 10.1 Å². The number of carbonyl (C=O) groups is 1. The van der Waals surface area contributed by atoms with Crippen LogP contribution in [-0.4, -0.2) is 28.6 Å². The fourth-order valence-electron chi connectivity index (χ4n) is 1.30. The molecule has 1 unspecified atom stereocenters. The Labute approximate surface area is 104 Å². The molecule has 1 aromatic carbocycles. The fourth-order valence-corrected chi connectivity index (χ4v) is 1.30. The van der Waals surface area contributed by atoms with Crippen molar-refractivity contribution < 1.29 is 14.8 Å². The molecule has 0 spiro atoms. The summed E-state index contributed by atoms with van der Waals surface area (Å²) in [7, 11) is 0. The number of benzene rings is 1. The Hall–Kier alpha value is -1.82. The maximum absolute atomic E-state index is 10.7. The molecule has 94 valence electrons. The van der Waals surface area contributed by atoms with Crippen LogP contribution >= 0.6 is 12.4 Å². The summed E-state index contributed by atoms with van der Waals surface area (Å²) in [5.74, 6) is -1.02. The van der Waals surface area contributed by atoms with Gasteiger partial charge in [0.1, 0.15) is 0 Å². The quantitative estimate of drug-likeness (QED) is 0.623. The van der Waals surface area contributed by atoms with E-state index in [1.54, 1.807) is 19.1 Å². The van der Waals surface area contributed by atoms with Gasteiger partial charge in [-0.05, 0) is 25.1 Å². The van der Waals surface area contributed by atoms with Crippen molar-refractivity contribution in [2.24, 2.45) is 0 Å². The Bertz CT molecular complexity index is 411. The van der Waals surface area contributed by atoms with E-state index in [4.69, 9.17) is 5.11 Å². The van der Waals surface area contributed by atoms with E-state index in [9.17, 15) is 14.9 Å². The standard InChI is InChI=1S/C10H12N2O4.ClH/c1-7(6-12(15)16)11-9-4-2-3-8(5-9)10(13)14;/h2-5,7,11H,6H2,1H3,(H,13,14);1H. The van der Waals surface area contributed by atoms with Crippen LogP contribution in [0.2, 0.25) is 0 Å².